The van der Waals surface area contributed by atoms with Crippen LogP contribution in [0, 0.1) is 6.92 Å². The van der Waals surface area contributed by atoms with Crippen molar-refractivity contribution in [1.29, 1.82) is 0 Å². The number of alkyl halides is 1. The number of carbonyl (C=O) groups is 2. The van der Waals surface area contributed by atoms with Crippen LogP contribution < -0.4 is 10.2 Å². The second kappa shape index (κ2) is 9.85. The number of anilines is 2. The lowest BCUT2D eigenvalue weighted by atomic mass is 9.69. The summed E-state index contributed by atoms with van der Waals surface area (Å²) in [6.07, 6.45) is 2.85. The highest BCUT2D eigenvalue weighted by molar-refractivity contribution is 6.07. The van der Waals surface area contributed by atoms with Crippen LogP contribution in [0.15, 0.2) is 30.3 Å². The van der Waals surface area contributed by atoms with Gasteiger partial charge in [-0.05, 0) is 98.9 Å². The molecule has 2 aromatic carbocycles. The molecule has 2 heterocycles. The molecule has 1 saturated carbocycles. The van der Waals surface area contributed by atoms with E-state index in [9.17, 15) is 14.0 Å². The molecule has 1 spiro atoms. The number of esters is 1. The monoisotopic (exact) mass is 494 g/mol. The van der Waals surface area contributed by atoms with Crippen LogP contribution in [0.2, 0.25) is 0 Å². The van der Waals surface area contributed by atoms with E-state index in [0.717, 1.165) is 66.2 Å². The molecule has 1 N–H and O–H groups in total. The quantitative estimate of drug-likeness (QED) is 0.552. The summed E-state index contributed by atoms with van der Waals surface area (Å²) in [6.45, 7) is 6.39. The Balaban J connectivity index is 1.61. The van der Waals surface area contributed by atoms with E-state index in [1.807, 2.05) is 25.1 Å². The molecule has 2 aliphatic heterocycles. The minimum absolute atomic E-state index is 0.0296. The van der Waals surface area contributed by atoms with Crippen molar-refractivity contribution in [3.63, 3.8) is 0 Å². The van der Waals surface area contributed by atoms with Gasteiger partial charge in [-0.25, -0.2) is 9.18 Å². The Bertz CT molecular complexity index is 1170. The molecular formula is C29H35FN2O4. The SMILES string of the molecule is CCN(c1cc(-c2ccc3c(c2)C2(CCC(F)CC2)C(=O)N3)cc(C(=O)OC)c1C)C1CCOCC1. The van der Waals surface area contributed by atoms with E-state index in [0.29, 0.717) is 37.3 Å². The van der Waals surface area contributed by atoms with Crippen molar-refractivity contribution < 1.29 is 23.5 Å². The minimum Gasteiger partial charge on any atom is -0.465 e. The Morgan fingerprint density at radius 2 is 1.86 bits per heavy atom. The molecule has 5 rings (SSSR count). The summed E-state index contributed by atoms with van der Waals surface area (Å²) in [7, 11) is 1.40. The average Bonchev–Trinajstić information content (AvgIpc) is 3.17. The summed E-state index contributed by atoms with van der Waals surface area (Å²) in [5.74, 6) is -0.396. The van der Waals surface area contributed by atoms with Gasteiger partial charge in [0.25, 0.3) is 0 Å². The average molecular weight is 495 g/mol. The molecule has 0 aromatic heterocycles. The first-order valence-corrected chi connectivity index (χ1v) is 13.1. The molecule has 3 aliphatic rings. The standard InChI is InChI=1S/C29H35FN2O4/c1-4-32(22-9-13-36-14-10-22)26-17-20(15-23(18(26)2)27(33)35-3)19-5-6-25-24(16-19)29(28(34)31-25)11-7-21(30)8-12-29/h5-6,15-17,21-22H,4,7-14H2,1-3H3,(H,31,34). The molecule has 1 amide bonds. The molecule has 2 fully saturated rings. The number of fused-ring (bicyclic) bond motifs is 2. The number of rotatable bonds is 5. The van der Waals surface area contributed by atoms with E-state index in [4.69, 9.17) is 9.47 Å². The molecule has 7 heteroatoms. The fourth-order valence-corrected chi connectivity index (χ4v) is 6.27. The van der Waals surface area contributed by atoms with E-state index in [1.165, 1.54) is 7.11 Å². The Morgan fingerprint density at radius 3 is 2.53 bits per heavy atom. The number of hydrogen-bond donors (Lipinski definition) is 1. The molecule has 0 radical (unpaired) electrons. The van der Waals surface area contributed by atoms with Crippen molar-refractivity contribution in [2.45, 2.75) is 70.0 Å². The first-order valence-electron chi connectivity index (χ1n) is 13.1. The molecule has 192 valence electrons. The zero-order valence-electron chi connectivity index (χ0n) is 21.4. The van der Waals surface area contributed by atoms with Gasteiger partial charge in [0, 0.05) is 37.2 Å². The third-order valence-corrected chi connectivity index (χ3v) is 8.39. The third kappa shape index (κ3) is 4.17. The molecule has 0 bridgehead atoms. The van der Waals surface area contributed by atoms with Crippen molar-refractivity contribution >= 4 is 23.3 Å². The Morgan fingerprint density at radius 1 is 1.14 bits per heavy atom. The minimum atomic E-state index is -0.844. The second-order valence-corrected chi connectivity index (χ2v) is 10.3. The first kappa shape index (κ1) is 24.8. The summed E-state index contributed by atoms with van der Waals surface area (Å²) in [6, 6.07) is 10.4. The van der Waals surface area contributed by atoms with E-state index in [-0.39, 0.29) is 11.9 Å². The van der Waals surface area contributed by atoms with E-state index in [2.05, 4.69) is 29.3 Å². The zero-order chi connectivity index (χ0) is 25.4. The van der Waals surface area contributed by atoms with Crippen LogP contribution in [0.3, 0.4) is 0 Å². The van der Waals surface area contributed by atoms with Crippen LogP contribution in [0.4, 0.5) is 15.8 Å². The molecule has 0 unspecified atom stereocenters. The van der Waals surface area contributed by atoms with E-state index in [1.54, 1.807) is 0 Å². The normalized spacial score (nSPS) is 23.9. The topological polar surface area (TPSA) is 67.9 Å². The summed E-state index contributed by atoms with van der Waals surface area (Å²) in [5.41, 5.74) is 5.36. The fourth-order valence-electron chi connectivity index (χ4n) is 6.27. The van der Waals surface area contributed by atoms with Gasteiger partial charge in [0.1, 0.15) is 6.17 Å². The van der Waals surface area contributed by atoms with Crippen molar-refractivity contribution in [2.75, 3.05) is 37.1 Å². The Hall–Kier alpha value is -2.93. The van der Waals surface area contributed by atoms with E-state index >= 15 is 0 Å². The Kier molecular flexibility index (Phi) is 6.77. The first-order chi connectivity index (χ1) is 17.4. The van der Waals surface area contributed by atoms with Crippen LogP contribution in [0.25, 0.3) is 11.1 Å². The second-order valence-electron chi connectivity index (χ2n) is 10.3. The van der Waals surface area contributed by atoms with Gasteiger partial charge in [-0.1, -0.05) is 6.07 Å². The molecule has 2 aromatic rings. The maximum atomic E-state index is 14.0. The highest BCUT2D eigenvalue weighted by atomic mass is 19.1. The smallest absolute Gasteiger partial charge is 0.338 e. The summed E-state index contributed by atoms with van der Waals surface area (Å²) < 4.78 is 24.7. The van der Waals surface area contributed by atoms with Gasteiger partial charge in [-0.3, -0.25) is 4.79 Å². The largest absolute Gasteiger partial charge is 0.465 e. The van der Waals surface area contributed by atoms with E-state index < -0.39 is 11.6 Å². The molecule has 6 nitrogen and oxygen atoms in total. The molecule has 36 heavy (non-hydrogen) atoms. The Labute approximate surface area is 212 Å². The lowest BCUT2D eigenvalue weighted by molar-refractivity contribution is -0.122. The summed E-state index contributed by atoms with van der Waals surface area (Å²) >= 11 is 0. The lowest BCUT2D eigenvalue weighted by Gasteiger charge is -2.37. The van der Waals surface area contributed by atoms with Crippen LogP contribution >= 0.6 is 0 Å². The highest BCUT2D eigenvalue weighted by Crippen LogP contribution is 2.49. The fraction of sp³-hybridized carbons (Fsp3) is 0.517. The van der Waals surface area contributed by atoms with Gasteiger partial charge < -0.3 is 19.7 Å². The molecule has 1 saturated heterocycles. The van der Waals surface area contributed by atoms with Crippen molar-refractivity contribution in [3.05, 3.63) is 47.0 Å². The van der Waals surface area contributed by atoms with Gasteiger partial charge in [0.2, 0.25) is 5.91 Å². The van der Waals surface area contributed by atoms with Crippen LogP contribution in [-0.2, 0) is 19.7 Å². The number of nitrogens with zero attached hydrogens (tertiary/aromatic N) is 1. The van der Waals surface area contributed by atoms with Crippen molar-refractivity contribution in [1.82, 2.24) is 0 Å². The van der Waals surface area contributed by atoms with Crippen LogP contribution in [0.1, 0.15) is 66.9 Å². The van der Waals surface area contributed by atoms with Gasteiger partial charge in [0.05, 0.1) is 18.1 Å². The summed E-state index contributed by atoms with van der Waals surface area (Å²) in [4.78, 5) is 28.2. The highest BCUT2D eigenvalue weighted by Gasteiger charge is 2.48. The third-order valence-electron chi connectivity index (χ3n) is 8.39. The predicted molar refractivity (Wildman–Crippen MR) is 138 cm³/mol. The number of nitrogens with one attached hydrogen (secondary N) is 1. The molecule has 0 atom stereocenters. The van der Waals surface area contributed by atoms with Gasteiger partial charge in [-0.15, -0.1) is 0 Å². The summed E-state index contributed by atoms with van der Waals surface area (Å²) in [5, 5.41) is 3.03. The number of halogens is 1. The van der Waals surface area contributed by atoms with Crippen molar-refractivity contribution in [3.8, 4) is 11.1 Å². The predicted octanol–water partition coefficient (Wildman–Crippen LogP) is 5.56. The number of amides is 1. The van der Waals surface area contributed by atoms with Crippen LogP contribution in [0.5, 0.6) is 0 Å². The maximum absolute atomic E-state index is 14.0. The molecule has 1 aliphatic carbocycles. The number of hydrogen-bond acceptors (Lipinski definition) is 5. The van der Waals surface area contributed by atoms with Gasteiger partial charge >= 0.3 is 5.97 Å². The van der Waals surface area contributed by atoms with Crippen molar-refractivity contribution in [2.24, 2.45) is 0 Å². The molecular weight excluding hydrogens is 459 g/mol. The lowest BCUT2D eigenvalue weighted by Crippen LogP contribution is -2.40. The van der Waals surface area contributed by atoms with Gasteiger partial charge in [0.15, 0.2) is 0 Å². The van der Waals surface area contributed by atoms with Gasteiger partial charge in [-0.2, -0.15) is 0 Å². The number of carbonyl (C=O) groups excluding carboxylic acids is 2. The maximum Gasteiger partial charge on any atom is 0.338 e. The van der Waals surface area contributed by atoms with Crippen LogP contribution in [-0.4, -0.2) is 51.0 Å². The number of methoxy groups -OCH3 is 1. The zero-order valence-corrected chi connectivity index (χ0v) is 21.4. The number of ether oxygens (including phenoxy) is 2. The number of benzene rings is 2.